The number of carboxylic acid groups (broad SMARTS) is 1. The van der Waals surface area contributed by atoms with Crippen molar-refractivity contribution >= 4 is 29.2 Å². The van der Waals surface area contributed by atoms with Gasteiger partial charge in [0.15, 0.2) is 0 Å². The quantitative estimate of drug-likeness (QED) is 0.834. The zero-order valence-corrected chi connectivity index (χ0v) is 11.1. The molecule has 0 unspecified atom stereocenters. The molecule has 5 nitrogen and oxygen atoms in total. The summed E-state index contributed by atoms with van der Waals surface area (Å²) in [6.07, 6.45) is 2.00. The van der Waals surface area contributed by atoms with Gasteiger partial charge in [-0.1, -0.05) is 17.7 Å². The topological polar surface area (TPSA) is 83.6 Å². The predicted molar refractivity (Wildman–Crippen MR) is 72.6 cm³/mol. The number of carboxylic acids is 1. The molecular formula is C13H15ClN2O3. The van der Waals surface area contributed by atoms with Crippen LogP contribution in [0.2, 0.25) is 5.02 Å². The van der Waals surface area contributed by atoms with Crippen LogP contribution in [0, 0.1) is 0 Å². The van der Waals surface area contributed by atoms with E-state index in [4.69, 9.17) is 22.4 Å². The highest BCUT2D eigenvalue weighted by Crippen LogP contribution is 2.35. The number of carbonyl (C=O) groups excluding carboxylic acids is 1. The predicted octanol–water partition coefficient (Wildman–Crippen LogP) is 1.88. The first-order valence-electron chi connectivity index (χ1n) is 6.07. The molecule has 1 fully saturated rings. The molecule has 0 heterocycles. The average molecular weight is 283 g/mol. The second kappa shape index (κ2) is 5.48. The average Bonchev–Trinajstić information content (AvgIpc) is 3.12. The van der Waals surface area contributed by atoms with Gasteiger partial charge in [0, 0.05) is 12.6 Å². The van der Waals surface area contributed by atoms with E-state index < -0.39 is 11.9 Å². The molecule has 2 rings (SSSR count). The third kappa shape index (κ3) is 3.17. The van der Waals surface area contributed by atoms with Gasteiger partial charge in [-0.15, -0.1) is 0 Å². The van der Waals surface area contributed by atoms with Gasteiger partial charge in [-0.2, -0.15) is 0 Å². The van der Waals surface area contributed by atoms with E-state index in [1.165, 1.54) is 0 Å². The molecule has 1 aromatic carbocycles. The van der Waals surface area contributed by atoms with E-state index in [0.29, 0.717) is 17.3 Å². The fourth-order valence-corrected chi connectivity index (χ4v) is 2.36. The maximum atomic E-state index is 11.5. The minimum Gasteiger partial charge on any atom is -0.481 e. The Hall–Kier alpha value is -1.75. The molecule has 0 aliphatic heterocycles. The minimum absolute atomic E-state index is 0.0151. The van der Waals surface area contributed by atoms with E-state index in [2.05, 4.69) is 0 Å². The molecule has 1 aromatic rings. The standard InChI is InChI=1S/C13H15ClN2O3/c14-9-2-1-3-10(12(9)13(15)19)16(8-4-5-8)7-6-11(17)18/h1-3,8H,4-7H2,(H2,15,19)(H,17,18). The van der Waals surface area contributed by atoms with Gasteiger partial charge in [0.1, 0.15) is 0 Å². The first kappa shape index (κ1) is 13.7. The van der Waals surface area contributed by atoms with Crippen LogP contribution < -0.4 is 10.6 Å². The van der Waals surface area contributed by atoms with Gasteiger partial charge in [0.25, 0.3) is 5.91 Å². The number of hydrogen-bond donors (Lipinski definition) is 2. The Kier molecular flexibility index (Phi) is 3.95. The second-order valence-electron chi connectivity index (χ2n) is 4.57. The Morgan fingerprint density at radius 2 is 2.11 bits per heavy atom. The first-order chi connectivity index (χ1) is 9.00. The first-order valence-corrected chi connectivity index (χ1v) is 6.45. The third-order valence-electron chi connectivity index (χ3n) is 3.10. The van der Waals surface area contributed by atoms with Gasteiger partial charge >= 0.3 is 5.97 Å². The summed E-state index contributed by atoms with van der Waals surface area (Å²) in [6.45, 7) is 0.348. The molecule has 0 radical (unpaired) electrons. The number of benzene rings is 1. The third-order valence-corrected chi connectivity index (χ3v) is 3.42. The van der Waals surface area contributed by atoms with E-state index in [1.807, 2.05) is 4.90 Å². The van der Waals surface area contributed by atoms with E-state index in [9.17, 15) is 9.59 Å². The lowest BCUT2D eigenvalue weighted by atomic mass is 10.1. The largest absolute Gasteiger partial charge is 0.481 e. The summed E-state index contributed by atoms with van der Waals surface area (Å²) in [5.74, 6) is -1.46. The Labute approximate surface area is 116 Å². The zero-order chi connectivity index (χ0) is 14.0. The number of rotatable bonds is 6. The van der Waals surface area contributed by atoms with Crippen LogP contribution in [0.4, 0.5) is 5.69 Å². The molecule has 1 amide bonds. The maximum Gasteiger partial charge on any atom is 0.305 e. The number of carbonyl (C=O) groups is 2. The summed E-state index contributed by atoms with van der Waals surface area (Å²) >= 11 is 6.01. The van der Waals surface area contributed by atoms with Crippen molar-refractivity contribution in [1.82, 2.24) is 0 Å². The van der Waals surface area contributed by atoms with Crippen molar-refractivity contribution in [2.45, 2.75) is 25.3 Å². The molecule has 0 aromatic heterocycles. The van der Waals surface area contributed by atoms with Crippen LogP contribution in [0.25, 0.3) is 0 Å². The van der Waals surface area contributed by atoms with Crippen LogP contribution in [0.15, 0.2) is 18.2 Å². The highest BCUT2D eigenvalue weighted by atomic mass is 35.5. The molecule has 0 atom stereocenters. The molecular weight excluding hydrogens is 268 g/mol. The van der Waals surface area contributed by atoms with Gasteiger partial charge < -0.3 is 15.7 Å². The molecule has 0 bridgehead atoms. The zero-order valence-electron chi connectivity index (χ0n) is 10.3. The Balaban J connectivity index is 2.33. The summed E-state index contributed by atoms with van der Waals surface area (Å²) in [5.41, 5.74) is 6.26. The fraction of sp³-hybridized carbons (Fsp3) is 0.385. The van der Waals surface area contributed by atoms with Crippen LogP contribution in [-0.4, -0.2) is 29.6 Å². The minimum atomic E-state index is -0.867. The smallest absolute Gasteiger partial charge is 0.305 e. The number of primary amides is 1. The van der Waals surface area contributed by atoms with Crippen molar-refractivity contribution < 1.29 is 14.7 Å². The highest BCUT2D eigenvalue weighted by Gasteiger charge is 2.31. The van der Waals surface area contributed by atoms with E-state index in [-0.39, 0.29) is 18.0 Å². The van der Waals surface area contributed by atoms with Crippen LogP contribution in [0.5, 0.6) is 0 Å². The lowest BCUT2D eigenvalue weighted by molar-refractivity contribution is -0.136. The summed E-state index contributed by atoms with van der Waals surface area (Å²) in [4.78, 5) is 24.2. The Morgan fingerprint density at radius 1 is 1.42 bits per heavy atom. The lowest BCUT2D eigenvalue weighted by Gasteiger charge is -2.26. The van der Waals surface area contributed by atoms with Crippen LogP contribution in [-0.2, 0) is 4.79 Å². The van der Waals surface area contributed by atoms with Crippen molar-refractivity contribution in [3.8, 4) is 0 Å². The highest BCUT2D eigenvalue weighted by molar-refractivity contribution is 6.34. The van der Waals surface area contributed by atoms with Gasteiger partial charge in [0.2, 0.25) is 0 Å². The number of amides is 1. The van der Waals surface area contributed by atoms with Crippen molar-refractivity contribution in [2.24, 2.45) is 5.73 Å². The summed E-state index contributed by atoms with van der Waals surface area (Å²) in [6, 6.07) is 5.37. The SMILES string of the molecule is NC(=O)c1c(Cl)cccc1N(CCC(=O)O)C1CC1. The van der Waals surface area contributed by atoms with E-state index in [1.54, 1.807) is 18.2 Å². The normalized spacial score (nSPS) is 14.2. The van der Waals surface area contributed by atoms with Crippen molar-refractivity contribution in [3.63, 3.8) is 0 Å². The molecule has 1 aliphatic rings. The maximum absolute atomic E-state index is 11.5. The fourth-order valence-electron chi connectivity index (χ4n) is 2.10. The molecule has 6 heteroatoms. The van der Waals surface area contributed by atoms with Gasteiger partial charge in [-0.25, -0.2) is 0 Å². The Bertz CT molecular complexity index is 515. The number of nitrogens with zero attached hydrogens (tertiary/aromatic N) is 1. The molecule has 3 N–H and O–H groups in total. The summed E-state index contributed by atoms with van der Waals surface area (Å²) in [7, 11) is 0. The Morgan fingerprint density at radius 3 is 2.63 bits per heavy atom. The van der Waals surface area contributed by atoms with Crippen LogP contribution in [0.3, 0.4) is 0 Å². The summed E-state index contributed by atoms with van der Waals surface area (Å²) in [5, 5.41) is 9.10. The molecule has 0 saturated heterocycles. The van der Waals surface area contributed by atoms with Crippen LogP contribution in [0.1, 0.15) is 29.6 Å². The van der Waals surface area contributed by atoms with E-state index >= 15 is 0 Å². The molecule has 0 spiro atoms. The molecule has 102 valence electrons. The van der Waals surface area contributed by atoms with Crippen molar-refractivity contribution in [2.75, 3.05) is 11.4 Å². The summed E-state index contributed by atoms with van der Waals surface area (Å²) < 4.78 is 0. The van der Waals surface area contributed by atoms with Crippen molar-refractivity contribution in [3.05, 3.63) is 28.8 Å². The lowest BCUT2D eigenvalue weighted by Crippen LogP contribution is -2.31. The number of halogens is 1. The van der Waals surface area contributed by atoms with Gasteiger partial charge in [-0.3, -0.25) is 9.59 Å². The second-order valence-corrected chi connectivity index (χ2v) is 4.97. The molecule has 19 heavy (non-hydrogen) atoms. The molecule has 1 aliphatic carbocycles. The monoisotopic (exact) mass is 282 g/mol. The van der Waals surface area contributed by atoms with Gasteiger partial charge in [0.05, 0.1) is 22.7 Å². The van der Waals surface area contributed by atoms with Gasteiger partial charge in [-0.05, 0) is 25.0 Å². The number of nitrogens with two attached hydrogens (primary N) is 1. The van der Waals surface area contributed by atoms with Crippen molar-refractivity contribution in [1.29, 1.82) is 0 Å². The molecule has 1 saturated carbocycles. The van der Waals surface area contributed by atoms with E-state index in [0.717, 1.165) is 12.8 Å². The number of anilines is 1. The van der Waals surface area contributed by atoms with Crippen LogP contribution >= 0.6 is 11.6 Å². The number of aliphatic carboxylic acids is 1. The number of hydrogen-bond acceptors (Lipinski definition) is 3.